The number of hydrogen-bond donors (Lipinski definition) is 0. The SMILES string of the molecule is CC1(C)c2ccccc2-c2ccc(N(c3ccc4c(c3)Oc3ccccc3N4c3ccccc3)c3ccc4c(c3)Sc3ccccc3N4c3ccccc3)cc21. The fraction of sp³-hybridized carbons (Fsp3) is 0.0588. The molecule has 8 aromatic carbocycles. The van der Waals surface area contributed by atoms with Gasteiger partial charge in [-0.15, -0.1) is 0 Å². The minimum absolute atomic E-state index is 0.141. The van der Waals surface area contributed by atoms with Crippen LogP contribution >= 0.6 is 11.8 Å². The van der Waals surface area contributed by atoms with Crippen LogP contribution in [-0.2, 0) is 5.41 Å². The van der Waals surface area contributed by atoms with Crippen molar-refractivity contribution in [2.24, 2.45) is 0 Å². The summed E-state index contributed by atoms with van der Waals surface area (Å²) in [5.74, 6) is 1.63. The van der Waals surface area contributed by atoms with Crippen LogP contribution in [0.1, 0.15) is 25.0 Å². The maximum atomic E-state index is 6.75. The van der Waals surface area contributed by atoms with E-state index in [0.717, 1.165) is 57.0 Å². The van der Waals surface area contributed by atoms with Gasteiger partial charge in [0.15, 0.2) is 11.5 Å². The van der Waals surface area contributed by atoms with Gasteiger partial charge in [-0.1, -0.05) is 117 Å². The first kappa shape index (κ1) is 32.7. The van der Waals surface area contributed by atoms with Gasteiger partial charge in [0, 0.05) is 49.7 Å². The van der Waals surface area contributed by atoms with Gasteiger partial charge in [0.05, 0.1) is 22.7 Å². The summed E-state index contributed by atoms with van der Waals surface area (Å²) < 4.78 is 6.75. The summed E-state index contributed by atoms with van der Waals surface area (Å²) in [5, 5.41) is 0. The van der Waals surface area contributed by atoms with Gasteiger partial charge < -0.3 is 19.4 Å². The van der Waals surface area contributed by atoms with Crippen molar-refractivity contribution in [2.75, 3.05) is 14.7 Å². The maximum absolute atomic E-state index is 6.75. The third-order valence-corrected chi connectivity index (χ3v) is 12.5. The lowest BCUT2D eigenvalue weighted by Crippen LogP contribution is -2.18. The predicted octanol–water partition coefficient (Wildman–Crippen LogP) is 15.0. The average Bonchev–Trinajstić information content (AvgIpc) is 3.47. The Morgan fingerprint density at radius 2 is 0.964 bits per heavy atom. The highest BCUT2D eigenvalue weighted by atomic mass is 32.2. The van der Waals surface area contributed by atoms with Gasteiger partial charge in [-0.05, 0) is 113 Å². The molecule has 0 aromatic heterocycles. The van der Waals surface area contributed by atoms with E-state index in [-0.39, 0.29) is 5.41 Å². The molecule has 2 heterocycles. The van der Waals surface area contributed by atoms with E-state index in [1.807, 2.05) is 17.8 Å². The Morgan fingerprint density at radius 1 is 0.429 bits per heavy atom. The topological polar surface area (TPSA) is 19.0 Å². The van der Waals surface area contributed by atoms with Gasteiger partial charge in [-0.2, -0.15) is 0 Å². The van der Waals surface area contributed by atoms with E-state index in [9.17, 15) is 0 Å². The summed E-state index contributed by atoms with van der Waals surface area (Å²) >= 11 is 1.83. The van der Waals surface area contributed by atoms with E-state index in [2.05, 4.69) is 211 Å². The number of fused-ring (bicyclic) bond motifs is 7. The molecule has 0 unspecified atom stereocenters. The molecule has 0 atom stereocenters. The summed E-state index contributed by atoms with van der Waals surface area (Å²) in [6.45, 7) is 4.69. The molecule has 0 radical (unpaired) electrons. The molecule has 11 rings (SSSR count). The number of hydrogen-bond acceptors (Lipinski definition) is 5. The smallest absolute Gasteiger partial charge is 0.153 e. The van der Waals surface area contributed by atoms with Crippen molar-refractivity contribution in [1.82, 2.24) is 0 Å². The van der Waals surface area contributed by atoms with Gasteiger partial charge in [0.25, 0.3) is 0 Å². The van der Waals surface area contributed by atoms with Crippen LogP contribution in [0.3, 0.4) is 0 Å². The van der Waals surface area contributed by atoms with E-state index >= 15 is 0 Å². The molecule has 3 aliphatic rings. The minimum atomic E-state index is -0.141. The highest BCUT2D eigenvalue weighted by Crippen LogP contribution is 2.56. The first-order chi connectivity index (χ1) is 27.5. The Labute approximate surface area is 331 Å². The molecule has 268 valence electrons. The lowest BCUT2D eigenvalue weighted by atomic mass is 9.82. The number of para-hydroxylation sites is 5. The molecular weight excluding hydrogens is 703 g/mol. The number of rotatable bonds is 5. The predicted molar refractivity (Wildman–Crippen MR) is 232 cm³/mol. The number of nitrogens with zero attached hydrogens (tertiary/aromatic N) is 3. The molecule has 0 fully saturated rings. The Balaban J connectivity index is 1.09. The Bertz CT molecular complexity index is 2680. The molecule has 1 aliphatic carbocycles. The number of anilines is 9. The van der Waals surface area contributed by atoms with Gasteiger partial charge in [-0.3, -0.25) is 0 Å². The van der Waals surface area contributed by atoms with Crippen LogP contribution in [0.25, 0.3) is 11.1 Å². The first-order valence-corrected chi connectivity index (χ1v) is 19.9. The first-order valence-electron chi connectivity index (χ1n) is 19.1. The molecule has 5 heteroatoms. The molecule has 0 N–H and O–H groups in total. The van der Waals surface area contributed by atoms with Crippen LogP contribution < -0.4 is 19.4 Å². The van der Waals surface area contributed by atoms with Crippen molar-refractivity contribution in [1.29, 1.82) is 0 Å². The second kappa shape index (κ2) is 12.7. The zero-order valence-electron chi connectivity index (χ0n) is 31.1. The van der Waals surface area contributed by atoms with E-state index in [1.54, 1.807) is 0 Å². The molecule has 2 aliphatic heterocycles. The Morgan fingerprint density at radius 3 is 1.75 bits per heavy atom. The number of ether oxygens (including phenoxy) is 1. The van der Waals surface area contributed by atoms with Crippen LogP contribution in [0.5, 0.6) is 11.5 Å². The summed E-state index contributed by atoms with van der Waals surface area (Å²) in [5.41, 5.74) is 15.0. The second-order valence-corrected chi connectivity index (χ2v) is 16.1. The van der Waals surface area contributed by atoms with Crippen LogP contribution in [-0.4, -0.2) is 0 Å². The van der Waals surface area contributed by atoms with Gasteiger partial charge >= 0.3 is 0 Å². The van der Waals surface area contributed by atoms with Crippen molar-refractivity contribution in [3.8, 4) is 22.6 Å². The lowest BCUT2D eigenvalue weighted by Gasteiger charge is -2.35. The average molecular weight is 740 g/mol. The molecular formula is C51H37N3OS. The van der Waals surface area contributed by atoms with Crippen molar-refractivity contribution in [2.45, 2.75) is 29.1 Å². The monoisotopic (exact) mass is 739 g/mol. The summed E-state index contributed by atoms with van der Waals surface area (Å²) in [7, 11) is 0. The van der Waals surface area contributed by atoms with Crippen LogP contribution in [0.2, 0.25) is 0 Å². The zero-order valence-corrected chi connectivity index (χ0v) is 31.9. The fourth-order valence-corrected chi connectivity index (χ4v) is 9.85. The van der Waals surface area contributed by atoms with E-state index in [0.29, 0.717) is 0 Å². The summed E-state index contributed by atoms with van der Waals surface area (Å²) in [6, 6.07) is 67.5. The molecule has 4 nitrogen and oxygen atoms in total. The van der Waals surface area contributed by atoms with Crippen molar-refractivity contribution in [3.63, 3.8) is 0 Å². The van der Waals surface area contributed by atoms with Crippen molar-refractivity contribution >= 4 is 62.9 Å². The molecule has 0 saturated carbocycles. The van der Waals surface area contributed by atoms with E-state index in [4.69, 9.17) is 4.74 Å². The molecule has 0 spiro atoms. The number of benzene rings is 8. The highest BCUT2D eigenvalue weighted by molar-refractivity contribution is 7.99. The van der Waals surface area contributed by atoms with Gasteiger partial charge in [0.1, 0.15) is 0 Å². The van der Waals surface area contributed by atoms with Crippen LogP contribution in [0, 0.1) is 0 Å². The Hall–Kier alpha value is -6.69. The fourth-order valence-electron chi connectivity index (χ4n) is 8.76. The van der Waals surface area contributed by atoms with Crippen LogP contribution in [0.4, 0.5) is 51.2 Å². The quantitative estimate of drug-likeness (QED) is 0.174. The lowest BCUT2D eigenvalue weighted by molar-refractivity contribution is 0.477. The normalized spacial score (nSPS) is 14.0. The van der Waals surface area contributed by atoms with Crippen molar-refractivity contribution in [3.05, 3.63) is 199 Å². The molecule has 56 heavy (non-hydrogen) atoms. The standard InChI is InChI=1S/C51H37N3OS/c1-51(2)41-20-10-9-19-39(41)40-28-25-36(31-42(40)51)52(37-26-29-44-48(32-37)55-47-23-13-11-21-43(47)53(44)34-15-5-3-6-16-34)38-27-30-46-50(33-38)56-49-24-14-12-22-45(49)54(46)35-17-7-4-8-18-35/h3-33H,1-2H3. The van der Waals surface area contributed by atoms with Crippen molar-refractivity contribution < 1.29 is 4.74 Å². The molecule has 0 bridgehead atoms. The zero-order chi connectivity index (χ0) is 37.4. The summed E-state index contributed by atoms with van der Waals surface area (Å²) in [4.78, 5) is 9.49. The maximum Gasteiger partial charge on any atom is 0.153 e. The molecule has 0 amide bonds. The summed E-state index contributed by atoms with van der Waals surface area (Å²) in [6.07, 6.45) is 0. The van der Waals surface area contributed by atoms with Gasteiger partial charge in [0.2, 0.25) is 0 Å². The third-order valence-electron chi connectivity index (χ3n) is 11.4. The Kier molecular flexibility index (Phi) is 7.41. The van der Waals surface area contributed by atoms with E-state index in [1.165, 1.54) is 37.7 Å². The van der Waals surface area contributed by atoms with E-state index < -0.39 is 0 Å². The molecule has 0 saturated heterocycles. The highest BCUT2D eigenvalue weighted by Gasteiger charge is 2.36. The molecule has 8 aromatic rings. The minimum Gasteiger partial charge on any atom is -0.453 e. The van der Waals surface area contributed by atoms with Gasteiger partial charge in [-0.25, -0.2) is 0 Å². The van der Waals surface area contributed by atoms with Crippen LogP contribution in [0.15, 0.2) is 198 Å². The second-order valence-electron chi connectivity index (χ2n) is 15.0. The largest absolute Gasteiger partial charge is 0.453 e. The third kappa shape index (κ3) is 5.08.